The molecule has 1 rings (SSSR count). The molecule has 1 N–H and O–H groups in total. The summed E-state index contributed by atoms with van der Waals surface area (Å²) >= 11 is 3.49. The zero-order valence-electron chi connectivity index (χ0n) is 13.1. The number of amides is 1. The van der Waals surface area contributed by atoms with Gasteiger partial charge in [0.2, 0.25) is 0 Å². The summed E-state index contributed by atoms with van der Waals surface area (Å²) in [6, 6.07) is 5.37. The molecule has 0 saturated carbocycles. The molecule has 4 nitrogen and oxygen atoms in total. The molecule has 5 heteroatoms. The van der Waals surface area contributed by atoms with E-state index < -0.39 is 0 Å². The summed E-state index contributed by atoms with van der Waals surface area (Å²) in [6.07, 6.45) is 0.876. The lowest BCUT2D eigenvalue weighted by Gasteiger charge is -2.16. The maximum atomic E-state index is 12.2. The van der Waals surface area contributed by atoms with E-state index in [-0.39, 0.29) is 11.9 Å². The predicted molar refractivity (Wildman–Crippen MR) is 88.7 cm³/mol. The first-order valence-electron chi connectivity index (χ1n) is 7.32. The van der Waals surface area contributed by atoms with E-state index in [1.54, 1.807) is 18.2 Å². The molecule has 0 radical (unpaired) electrons. The van der Waals surface area contributed by atoms with Gasteiger partial charge in [0.15, 0.2) is 11.5 Å². The average molecular weight is 358 g/mol. The lowest BCUT2D eigenvalue weighted by Crippen LogP contribution is -2.33. The Hall–Kier alpha value is -1.23. The SMILES string of the molecule is CCOc1ccc(C(=O)NC(C)CC(C)Br)cc1OCC. The number of halogens is 1. The van der Waals surface area contributed by atoms with Crippen molar-refractivity contribution in [3.63, 3.8) is 0 Å². The highest BCUT2D eigenvalue weighted by Gasteiger charge is 2.14. The van der Waals surface area contributed by atoms with E-state index in [0.717, 1.165) is 6.42 Å². The Bertz CT molecular complexity index is 463. The Morgan fingerprint density at radius 3 is 2.38 bits per heavy atom. The van der Waals surface area contributed by atoms with Crippen LogP contribution >= 0.6 is 15.9 Å². The lowest BCUT2D eigenvalue weighted by molar-refractivity contribution is 0.0938. The largest absolute Gasteiger partial charge is 0.490 e. The monoisotopic (exact) mass is 357 g/mol. The van der Waals surface area contributed by atoms with E-state index in [2.05, 4.69) is 28.2 Å². The molecule has 0 saturated heterocycles. The molecular formula is C16H24BrNO3. The molecule has 0 fully saturated rings. The van der Waals surface area contributed by atoms with Gasteiger partial charge in [0.1, 0.15) is 0 Å². The van der Waals surface area contributed by atoms with E-state index in [1.807, 2.05) is 20.8 Å². The van der Waals surface area contributed by atoms with Crippen LogP contribution in [-0.2, 0) is 0 Å². The molecule has 0 aromatic heterocycles. The second kappa shape index (κ2) is 8.93. The highest BCUT2D eigenvalue weighted by molar-refractivity contribution is 9.09. The summed E-state index contributed by atoms with van der Waals surface area (Å²) < 4.78 is 11.0. The molecule has 0 spiro atoms. The molecule has 21 heavy (non-hydrogen) atoms. The van der Waals surface area contributed by atoms with Crippen molar-refractivity contribution in [1.29, 1.82) is 0 Å². The number of benzene rings is 1. The fourth-order valence-electron chi connectivity index (χ4n) is 2.05. The third-order valence-electron chi connectivity index (χ3n) is 2.86. The first kappa shape index (κ1) is 17.8. The van der Waals surface area contributed by atoms with Gasteiger partial charge >= 0.3 is 0 Å². The fraction of sp³-hybridized carbons (Fsp3) is 0.562. The van der Waals surface area contributed by atoms with Gasteiger partial charge in [-0.1, -0.05) is 22.9 Å². The van der Waals surface area contributed by atoms with Crippen LogP contribution in [0.25, 0.3) is 0 Å². The van der Waals surface area contributed by atoms with E-state index in [1.165, 1.54) is 0 Å². The maximum absolute atomic E-state index is 12.2. The molecule has 0 aliphatic carbocycles. The van der Waals surface area contributed by atoms with Gasteiger partial charge in [-0.3, -0.25) is 4.79 Å². The molecule has 0 bridgehead atoms. The topological polar surface area (TPSA) is 47.6 Å². The number of rotatable bonds is 8. The van der Waals surface area contributed by atoms with E-state index in [0.29, 0.717) is 35.1 Å². The minimum Gasteiger partial charge on any atom is -0.490 e. The molecule has 1 aromatic rings. The number of alkyl halides is 1. The maximum Gasteiger partial charge on any atom is 0.251 e. The molecular weight excluding hydrogens is 334 g/mol. The van der Waals surface area contributed by atoms with Crippen LogP contribution in [0.3, 0.4) is 0 Å². The lowest BCUT2D eigenvalue weighted by atomic mass is 10.1. The number of hydrogen-bond donors (Lipinski definition) is 1. The Morgan fingerprint density at radius 2 is 1.81 bits per heavy atom. The number of carbonyl (C=O) groups is 1. The number of ether oxygens (including phenoxy) is 2. The zero-order valence-corrected chi connectivity index (χ0v) is 14.7. The first-order chi connectivity index (χ1) is 9.97. The van der Waals surface area contributed by atoms with Gasteiger partial charge in [-0.15, -0.1) is 0 Å². The molecule has 0 aliphatic rings. The van der Waals surface area contributed by atoms with Crippen LogP contribution < -0.4 is 14.8 Å². The van der Waals surface area contributed by atoms with Crippen molar-refractivity contribution in [2.24, 2.45) is 0 Å². The van der Waals surface area contributed by atoms with Crippen molar-refractivity contribution in [2.45, 2.75) is 45.0 Å². The summed E-state index contributed by atoms with van der Waals surface area (Å²) in [4.78, 5) is 12.6. The normalized spacial score (nSPS) is 13.4. The van der Waals surface area contributed by atoms with Crippen molar-refractivity contribution in [3.05, 3.63) is 23.8 Å². The molecule has 2 unspecified atom stereocenters. The van der Waals surface area contributed by atoms with Gasteiger partial charge in [-0.05, 0) is 45.4 Å². The standard InChI is InChI=1S/C16H24BrNO3/c1-5-20-14-8-7-13(10-15(14)21-6-2)16(19)18-12(4)9-11(3)17/h7-8,10-12H,5-6,9H2,1-4H3,(H,18,19). The summed E-state index contributed by atoms with van der Waals surface area (Å²) in [5.74, 6) is 1.17. The second-order valence-electron chi connectivity index (χ2n) is 4.92. The van der Waals surface area contributed by atoms with Gasteiger partial charge < -0.3 is 14.8 Å². The summed E-state index contributed by atoms with van der Waals surface area (Å²) in [5, 5.41) is 2.98. The van der Waals surface area contributed by atoms with Crippen LogP contribution in [0.5, 0.6) is 11.5 Å². The van der Waals surface area contributed by atoms with Crippen molar-refractivity contribution in [3.8, 4) is 11.5 Å². The zero-order chi connectivity index (χ0) is 15.8. The Kier molecular flexibility index (Phi) is 7.57. The van der Waals surface area contributed by atoms with Gasteiger partial charge in [0.25, 0.3) is 5.91 Å². The quantitative estimate of drug-likeness (QED) is 0.720. The molecule has 0 heterocycles. The fourth-order valence-corrected chi connectivity index (χ4v) is 2.61. The third-order valence-corrected chi connectivity index (χ3v) is 3.24. The van der Waals surface area contributed by atoms with Crippen molar-refractivity contribution in [2.75, 3.05) is 13.2 Å². The number of nitrogens with one attached hydrogen (secondary N) is 1. The number of hydrogen-bond acceptors (Lipinski definition) is 3. The van der Waals surface area contributed by atoms with E-state index >= 15 is 0 Å². The van der Waals surface area contributed by atoms with Crippen LogP contribution in [0.1, 0.15) is 44.5 Å². The van der Waals surface area contributed by atoms with Crippen LogP contribution in [0.15, 0.2) is 18.2 Å². The molecule has 1 amide bonds. The van der Waals surface area contributed by atoms with E-state index in [9.17, 15) is 4.79 Å². The Labute approximate surface area is 135 Å². The minimum atomic E-state index is -0.0975. The van der Waals surface area contributed by atoms with Crippen molar-refractivity contribution in [1.82, 2.24) is 5.32 Å². The van der Waals surface area contributed by atoms with Crippen molar-refractivity contribution >= 4 is 21.8 Å². The van der Waals surface area contributed by atoms with Crippen LogP contribution in [0, 0.1) is 0 Å². The third kappa shape index (κ3) is 5.96. The Balaban J connectivity index is 2.82. The molecule has 2 atom stereocenters. The summed E-state index contributed by atoms with van der Waals surface area (Å²) in [5.41, 5.74) is 0.580. The van der Waals surface area contributed by atoms with Gasteiger partial charge in [-0.25, -0.2) is 0 Å². The first-order valence-corrected chi connectivity index (χ1v) is 8.24. The molecule has 1 aromatic carbocycles. The van der Waals surface area contributed by atoms with E-state index in [4.69, 9.17) is 9.47 Å². The average Bonchev–Trinajstić information content (AvgIpc) is 2.40. The van der Waals surface area contributed by atoms with Gasteiger partial charge in [-0.2, -0.15) is 0 Å². The van der Waals surface area contributed by atoms with Gasteiger partial charge in [0.05, 0.1) is 13.2 Å². The molecule has 0 aliphatic heterocycles. The Morgan fingerprint density at radius 1 is 1.19 bits per heavy atom. The molecule has 118 valence electrons. The smallest absolute Gasteiger partial charge is 0.251 e. The van der Waals surface area contributed by atoms with Gasteiger partial charge in [0, 0.05) is 16.4 Å². The number of carbonyl (C=O) groups excluding carboxylic acids is 1. The summed E-state index contributed by atoms with van der Waals surface area (Å²) in [7, 11) is 0. The minimum absolute atomic E-state index is 0.0975. The highest BCUT2D eigenvalue weighted by atomic mass is 79.9. The second-order valence-corrected chi connectivity index (χ2v) is 6.48. The summed E-state index contributed by atoms with van der Waals surface area (Å²) in [6.45, 7) is 8.97. The van der Waals surface area contributed by atoms with Crippen molar-refractivity contribution < 1.29 is 14.3 Å². The highest BCUT2D eigenvalue weighted by Crippen LogP contribution is 2.28. The van der Waals surface area contributed by atoms with Crippen LogP contribution in [0.4, 0.5) is 0 Å². The van der Waals surface area contributed by atoms with Crippen LogP contribution in [-0.4, -0.2) is 30.0 Å². The van der Waals surface area contributed by atoms with Crippen LogP contribution in [0.2, 0.25) is 0 Å². The predicted octanol–water partition coefficient (Wildman–Crippen LogP) is 3.78.